The number of anilines is 2. The number of carbonyl (C=O) groups excluding carboxylic acids is 3. The van der Waals surface area contributed by atoms with Crippen molar-refractivity contribution in [3.63, 3.8) is 0 Å². The second-order valence-corrected chi connectivity index (χ2v) is 7.77. The number of carbonyl (C=O) groups is 3. The number of amides is 3. The van der Waals surface area contributed by atoms with Gasteiger partial charge in [-0.05, 0) is 41.8 Å². The molecule has 0 saturated carbocycles. The zero-order valence-electron chi connectivity index (χ0n) is 18.0. The Kier molecular flexibility index (Phi) is 7.70. The summed E-state index contributed by atoms with van der Waals surface area (Å²) in [7, 11) is 0. The van der Waals surface area contributed by atoms with Gasteiger partial charge >= 0.3 is 0 Å². The van der Waals surface area contributed by atoms with Crippen LogP contribution in [-0.4, -0.2) is 22.7 Å². The smallest absolute Gasteiger partial charge is 0.255 e. The minimum atomic E-state index is -0.836. The summed E-state index contributed by atoms with van der Waals surface area (Å²) in [5, 5.41) is 8.46. The van der Waals surface area contributed by atoms with Gasteiger partial charge in [0.1, 0.15) is 6.04 Å². The van der Waals surface area contributed by atoms with Crippen molar-refractivity contribution in [2.24, 2.45) is 5.92 Å². The molecule has 0 bridgehead atoms. The number of nitrogens with one attached hydrogen (secondary N) is 3. The molecule has 0 aliphatic rings. The van der Waals surface area contributed by atoms with Crippen LogP contribution in [0.3, 0.4) is 0 Å². The lowest BCUT2D eigenvalue weighted by molar-refractivity contribution is -0.127. The van der Waals surface area contributed by atoms with Gasteiger partial charge in [0.2, 0.25) is 5.91 Å². The van der Waals surface area contributed by atoms with Crippen LogP contribution in [0.2, 0.25) is 0 Å². The number of rotatable bonds is 8. The van der Waals surface area contributed by atoms with Gasteiger partial charge in [-0.25, -0.2) is 0 Å². The van der Waals surface area contributed by atoms with Gasteiger partial charge in [0, 0.05) is 35.8 Å². The van der Waals surface area contributed by atoms with Crippen LogP contribution in [0, 0.1) is 5.92 Å². The van der Waals surface area contributed by atoms with E-state index in [0.29, 0.717) is 28.9 Å². The first-order chi connectivity index (χ1) is 15.4. The van der Waals surface area contributed by atoms with Crippen LogP contribution in [-0.2, 0) is 9.59 Å². The summed E-state index contributed by atoms with van der Waals surface area (Å²) in [6.07, 6.45) is 3.42. The van der Waals surface area contributed by atoms with E-state index in [1.807, 2.05) is 32.0 Å². The normalized spacial score (nSPS) is 11.5. The van der Waals surface area contributed by atoms with Gasteiger partial charge in [-0.1, -0.05) is 50.2 Å². The highest BCUT2D eigenvalue weighted by molar-refractivity contribution is 6.04. The molecule has 0 spiro atoms. The molecule has 0 saturated heterocycles. The Labute approximate surface area is 187 Å². The van der Waals surface area contributed by atoms with Crippen molar-refractivity contribution in [1.82, 2.24) is 10.3 Å². The van der Waals surface area contributed by atoms with Crippen LogP contribution in [0.25, 0.3) is 0 Å². The molecule has 3 rings (SSSR count). The topological polar surface area (TPSA) is 100 Å². The molecular weight excluding hydrogens is 404 g/mol. The molecule has 1 atom stereocenters. The Bertz CT molecular complexity index is 1070. The molecule has 7 nitrogen and oxygen atoms in total. The first kappa shape index (κ1) is 22.7. The predicted molar refractivity (Wildman–Crippen MR) is 124 cm³/mol. The number of benzene rings is 2. The minimum Gasteiger partial charge on any atom is -0.341 e. The molecule has 0 aliphatic carbocycles. The van der Waals surface area contributed by atoms with E-state index in [1.54, 1.807) is 60.9 Å². The van der Waals surface area contributed by atoms with Gasteiger partial charge in [-0.2, -0.15) is 0 Å². The van der Waals surface area contributed by atoms with Crippen molar-refractivity contribution in [3.8, 4) is 0 Å². The summed E-state index contributed by atoms with van der Waals surface area (Å²) >= 11 is 0. The van der Waals surface area contributed by atoms with E-state index in [2.05, 4.69) is 20.9 Å². The Morgan fingerprint density at radius 2 is 1.50 bits per heavy atom. The number of nitrogens with zero attached hydrogens (tertiary/aromatic N) is 1. The average molecular weight is 431 g/mol. The second kappa shape index (κ2) is 10.9. The predicted octanol–water partition coefficient (Wildman–Crippen LogP) is 4.18. The molecule has 3 amide bonds. The Balaban J connectivity index is 1.73. The lowest BCUT2D eigenvalue weighted by Gasteiger charge is -2.20. The Hall–Kier alpha value is -4.00. The van der Waals surface area contributed by atoms with Crippen LogP contribution < -0.4 is 16.0 Å². The van der Waals surface area contributed by atoms with Gasteiger partial charge in [0.15, 0.2) is 0 Å². The molecule has 164 valence electrons. The van der Waals surface area contributed by atoms with Crippen LogP contribution in [0.4, 0.5) is 11.4 Å². The van der Waals surface area contributed by atoms with E-state index in [1.165, 1.54) is 0 Å². The number of hydrogen-bond donors (Lipinski definition) is 3. The third-order valence-electron chi connectivity index (χ3n) is 4.62. The standard InChI is InChI=1S/C25H26N4O3/c1-17(2)15-22(30)29-23(18-7-4-3-5-8-18)25(32)28-21-10-6-9-20(16-21)27-24(31)19-11-13-26-14-12-19/h3-14,16-17,23H,15H2,1-2H3,(H,27,31)(H,28,32)(H,29,30). The van der Waals surface area contributed by atoms with Gasteiger partial charge in [-0.15, -0.1) is 0 Å². The summed E-state index contributed by atoms with van der Waals surface area (Å²) in [6.45, 7) is 3.89. The Morgan fingerprint density at radius 1 is 0.844 bits per heavy atom. The van der Waals surface area contributed by atoms with E-state index in [-0.39, 0.29) is 23.6 Å². The van der Waals surface area contributed by atoms with E-state index in [0.717, 1.165) is 0 Å². The van der Waals surface area contributed by atoms with Crippen LogP contribution in [0.15, 0.2) is 79.1 Å². The zero-order valence-corrected chi connectivity index (χ0v) is 18.0. The third-order valence-corrected chi connectivity index (χ3v) is 4.62. The molecule has 0 radical (unpaired) electrons. The van der Waals surface area contributed by atoms with Gasteiger partial charge in [0.05, 0.1) is 0 Å². The maximum Gasteiger partial charge on any atom is 0.255 e. The largest absolute Gasteiger partial charge is 0.341 e. The van der Waals surface area contributed by atoms with Crippen molar-refractivity contribution in [1.29, 1.82) is 0 Å². The third kappa shape index (κ3) is 6.50. The molecule has 1 aromatic heterocycles. The van der Waals surface area contributed by atoms with Gasteiger partial charge in [0.25, 0.3) is 11.8 Å². The lowest BCUT2D eigenvalue weighted by atomic mass is 10.0. The quantitative estimate of drug-likeness (QED) is 0.499. The van der Waals surface area contributed by atoms with E-state index >= 15 is 0 Å². The van der Waals surface area contributed by atoms with Crippen molar-refractivity contribution in [3.05, 3.63) is 90.3 Å². The fourth-order valence-electron chi connectivity index (χ4n) is 3.13. The van der Waals surface area contributed by atoms with Crippen molar-refractivity contribution < 1.29 is 14.4 Å². The SMILES string of the molecule is CC(C)CC(=O)NC(C(=O)Nc1cccc(NC(=O)c2ccncc2)c1)c1ccccc1. The summed E-state index contributed by atoms with van der Waals surface area (Å²) in [5.74, 6) is -0.664. The molecule has 2 aromatic carbocycles. The molecule has 0 fully saturated rings. The highest BCUT2D eigenvalue weighted by Gasteiger charge is 2.23. The van der Waals surface area contributed by atoms with Crippen molar-refractivity contribution >= 4 is 29.1 Å². The highest BCUT2D eigenvalue weighted by Crippen LogP contribution is 2.20. The van der Waals surface area contributed by atoms with E-state index in [9.17, 15) is 14.4 Å². The average Bonchev–Trinajstić information content (AvgIpc) is 2.78. The van der Waals surface area contributed by atoms with Crippen LogP contribution >= 0.6 is 0 Å². The van der Waals surface area contributed by atoms with Gasteiger partial charge < -0.3 is 16.0 Å². The number of hydrogen-bond acceptors (Lipinski definition) is 4. The minimum absolute atomic E-state index is 0.176. The summed E-state index contributed by atoms with van der Waals surface area (Å²) < 4.78 is 0. The molecule has 32 heavy (non-hydrogen) atoms. The van der Waals surface area contributed by atoms with E-state index < -0.39 is 6.04 Å². The molecule has 3 aromatic rings. The molecule has 1 unspecified atom stereocenters. The fraction of sp³-hybridized carbons (Fsp3) is 0.200. The van der Waals surface area contributed by atoms with Crippen molar-refractivity contribution in [2.45, 2.75) is 26.3 Å². The second-order valence-electron chi connectivity index (χ2n) is 7.77. The first-order valence-electron chi connectivity index (χ1n) is 10.4. The molecule has 1 heterocycles. The Morgan fingerprint density at radius 3 is 2.16 bits per heavy atom. The lowest BCUT2D eigenvalue weighted by Crippen LogP contribution is -2.37. The maximum absolute atomic E-state index is 13.1. The molecular formula is C25H26N4O3. The van der Waals surface area contributed by atoms with Crippen LogP contribution in [0.1, 0.15) is 42.2 Å². The van der Waals surface area contributed by atoms with Crippen molar-refractivity contribution in [2.75, 3.05) is 10.6 Å². The zero-order chi connectivity index (χ0) is 22.9. The van der Waals surface area contributed by atoms with Gasteiger partial charge in [-0.3, -0.25) is 19.4 Å². The first-order valence-corrected chi connectivity index (χ1v) is 10.4. The van der Waals surface area contributed by atoms with Crippen LogP contribution in [0.5, 0.6) is 0 Å². The van der Waals surface area contributed by atoms with E-state index in [4.69, 9.17) is 0 Å². The summed E-state index contributed by atoms with van der Waals surface area (Å²) in [6, 6.07) is 18.3. The molecule has 7 heteroatoms. The maximum atomic E-state index is 13.1. The highest BCUT2D eigenvalue weighted by atomic mass is 16.2. The molecule has 3 N–H and O–H groups in total. The summed E-state index contributed by atoms with van der Waals surface area (Å²) in [5.41, 5.74) is 2.20. The number of aromatic nitrogens is 1. The fourth-order valence-corrected chi connectivity index (χ4v) is 3.13. The summed E-state index contributed by atoms with van der Waals surface area (Å²) in [4.78, 5) is 41.7. The monoisotopic (exact) mass is 430 g/mol. The number of pyridine rings is 1. The molecule has 0 aliphatic heterocycles.